The molecular formula is C14H13ClN2O4. The van der Waals surface area contributed by atoms with Crippen LogP contribution in [0.2, 0.25) is 5.02 Å². The van der Waals surface area contributed by atoms with Crippen LogP contribution in [0.4, 0.5) is 11.4 Å². The van der Waals surface area contributed by atoms with E-state index in [1.54, 1.807) is 18.2 Å². The first-order valence-corrected chi connectivity index (χ1v) is 6.06. The molecule has 0 bridgehead atoms. The molecule has 110 valence electrons. The number of carbonyl (C=O) groups is 2. The van der Waals surface area contributed by atoms with Gasteiger partial charge in [-0.25, -0.2) is 9.59 Å². The van der Waals surface area contributed by atoms with E-state index >= 15 is 0 Å². The highest BCUT2D eigenvalue weighted by Gasteiger charge is 2.06. The Bertz CT molecular complexity index is 657. The zero-order valence-corrected chi connectivity index (χ0v) is 11.5. The molecule has 6 nitrogen and oxygen atoms in total. The number of nitrogens with two attached hydrogens (primary N) is 2. The van der Waals surface area contributed by atoms with Crippen LogP contribution in [0.1, 0.15) is 20.7 Å². The van der Waals surface area contributed by atoms with Crippen LogP contribution < -0.4 is 11.5 Å². The number of anilines is 2. The zero-order chi connectivity index (χ0) is 16.0. The summed E-state index contributed by atoms with van der Waals surface area (Å²) in [5.74, 6) is -2.00. The predicted octanol–water partition coefficient (Wildman–Crippen LogP) is 2.59. The fraction of sp³-hybridized carbons (Fsp3) is 0. The quantitative estimate of drug-likeness (QED) is 0.631. The summed E-state index contributed by atoms with van der Waals surface area (Å²) in [5.41, 5.74) is 11.8. The monoisotopic (exact) mass is 308 g/mol. The minimum Gasteiger partial charge on any atom is -0.478 e. The van der Waals surface area contributed by atoms with E-state index in [0.717, 1.165) is 0 Å². The van der Waals surface area contributed by atoms with E-state index in [4.69, 9.17) is 33.3 Å². The standard InChI is InChI=1S/C7H6ClNO2.C7H7NO2/c8-4-1-2-6(9)5(3-4)7(10)11;8-6-3-1-5(2-4-6)7(9)10/h1-3H,9H2,(H,10,11);1-4H,8H2,(H,9,10). The molecule has 0 aromatic heterocycles. The van der Waals surface area contributed by atoms with Crippen LogP contribution in [0.15, 0.2) is 42.5 Å². The van der Waals surface area contributed by atoms with E-state index in [-0.39, 0.29) is 16.8 Å². The van der Waals surface area contributed by atoms with Crippen molar-refractivity contribution in [3.8, 4) is 0 Å². The predicted molar refractivity (Wildman–Crippen MR) is 80.6 cm³/mol. The average Bonchev–Trinajstić information content (AvgIpc) is 2.42. The minimum atomic E-state index is -1.06. The maximum Gasteiger partial charge on any atom is 0.337 e. The van der Waals surface area contributed by atoms with E-state index in [1.165, 1.54) is 24.3 Å². The highest BCUT2D eigenvalue weighted by molar-refractivity contribution is 6.31. The topological polar surface area (TPSA) is 127 Å². The van der Waals surface area contributed by atoms with E-state index in [1.807, 2.05) is 0 Å². The van der Waals surface area contributed by atoms with E-state index in [9.17, 15) is 9.59 Å². The Morgan fingerprint density at radius 2 is 1.48 bits per heavy atom. The third-order valence-corrected chi connectivity index (χ3v) is 2.64. The van der Waals surface area contributed by atoms with Crippen LogP contribution in [0.3, 0.4) is 0 Å². The lowest BCUT2D eigenvalue weighted by atomic mass is 10.2. The van der Waals surface area contributed by atoms with Gasteiger partial charge in [-0.15, -0.1) is 0 Å². The number of hydrogen-bond acceptors (Lipinski definition) is 4. The van der Waals surface area contributed by atoms with Crippen molar-refractivity contribution in [1.29, 1.82) is 0 Å². The Morgan fingerprint density at radius 1 is 0.905 bits per heavy atom. The number of rotatable bonds is 2. The van der Waals surface area contributed by atoms with Gasteiger partial charge >= 0.3 is 11.9 Å². The Kier molecular flexibility index (Phi) is 5.57. The lowest BCUT2D eigenvalue weighted by molar-refractivity contribution is 0.0686. The maximum atomic E-state index is 10.4. The molecule has 0 amide bonds. The van der Waals surface area contributed by atoms with Gasteiger partial charge in [-0.2, -0.15) is 0 Å². The number of carboxylic acids is 2. The van der Waals surface area contributed by atoms with E-state index in [2.05, 4.69) is 0 Å². The van der Waals surface area contributed by atoms with Crippen molar-refractivity contribution in [2.75, 3.05) is 11.5 Å². The van der Waals surface area contributed by atoms with Crippen molar-refractivity contribution in [1.82, 2.24) is 0 Å². The fourth-order valence-corrected chi connectivity index (χ4v) is 1.51. The van der Waals surface area contributed by atoms with Crippen molar-refractivity contribution >= 4 is 34.9 Å². The molecule has 0 fully saturated rings. The second kappa shape index (κ2) is 7.16. The molecule has 0 saturated carbocycles. The Balaban J connectivity index is 0.000000211. The van der Waals surface area contributed by atoms with Gasteiger partial charge in [0, 0.05) is 16.4 Å². The van der Waals surface area contributed by atoms with Crippen LogP contribution in [0.5, 0.6) is 0 Å². The van der Waals surface area contributed by atoms with Crippen molar-refractivity contribution in [3.63, 3.8) is 0 Å². The molecule has 0 aliphatic heterocycles. The molecule has 2 aromatic rings. The second-order valence-electron chi connectivity index (χ2n) is 3.96. The summed E-state index contributed by atoms with van der Waals surface area (Å²) in [6.45, 7) is 0. The molecule has 0 radical (unpaired) electrons. The fourth-order valence-electron chi connectivity index (χ4n) is 1.34. The highest BCUT2D eigenvalue weighted by Crippen LogP contribution is 2.17. The summed E-state index contributed by atoms with van der Waals surface area (Å²) in [5, 5.41) is 17.4. The van der Waals surface area contributed by atoms with Gasteiger partial charge < -0.3 is 21.7 Å². The van der Waals surface area contributed by atoms with Crippen LogP contribution in [0.25, 0.3) is 0 Å². The number of carboxylic acid groups (broad SMARTS) is 2. The van der Waals surface area contributed by atoms with Crippen LogP contribution in [-0.2, 0) is 0 Å². The van der Waals surface area contributed by atoms with Gasteiger partial charge in [0.2, 0.25) is 0 Å². The van der Waals surface area contributed by atoms with Gasteiger partial charge in [0.15, 0.2) is 0 Å². The summed E-state index contributed by atoms with van der Waals surface area (Å²) in [4.78, 5) is 20.7. The molecule has 0 atom stereocenters. The first-order chi connectivity index (χ1) is 9.81. The van der Waals surface area contributed by atoms with Crippen molar-refractivity contribution in [2.24, 2.45) is 0 Å². The maximum absolute atomic E-state index is 10.4. The van der Waals surface area contributed by atoms with Crippen molar-refractivity contribution in [3.05, 3.63) is 58.6 Å². The molecule has 0 aliphatic carbocycles. The molecule has 0 heterocycles. The Labute approximate surface area is 125 Å². The smallest absolute Gasteiger partial charge is 0.337 e. The number of halogens is 1. The molecule has 2 rings (SSSR count). The van der Waals surface area contributed by atoms with Crippen LogP contribution in [-0.4, -0.2) is 22.2 Å². The lowest BCUT2D eigenvalue weighted by Crippen LogP contribution is -2.01. The highest BCUT2D eigenvalue weighted by atomic mass is 35.5. The normalized spacial score (nSPS) is 9.38. The molecule has 7 heteroatoms. The van der Waals surface area contributed by atoms with Gasteiger partial charge in [-0.1, -0.05) is 11.6 Å². The first-order valence-electron chi connectivity index (χ1n) is 5.68. The zero-order valence-electron chi connectivity index (χ0n) is 10.8. The van der Waals surface area contributed by atoms with Crippen LogP contribution in [0, 0.1) is 0 Å². The number of benzene rings is 2. The summed E-state index contributed by atoms with van der Waals surface area (Å²) >= 11 is 5.54. The summed E-state index contributed by atoms with van der Waals surface area (Å²) < 4.78 is 0. The minimum absolute atomic E-state index is 0.0394. The number of nitrogen functional groups attached to an aromatic ring is 2. The first kappa shape index (κ1) is 16.3. The van der Waals surface area contributed by atoms with Crippen LogP contribution >= 0.6 is 11.6 Å². The van der Waals surface area contributed by atoms with Gasteiger partial charge in [0.25, 0.3) is 0 Å². The van der Waals surface area contributed by atoms with Crippen molar-refractivity contribution in [2.45, 2.75) is 0 Å². The van der Waals surface area contributed by atoms with E-state index in [0.29, 0.717) is 10.7 Å². The summed E-state index contributed by atoms with van der Waals surface area (Å²) in [6.07, 6.45) is 0. The van der Waals surface area contributed by atoms with Crippen molar-refractivity contribution < 1.29 is 19.8 Å². The van der Waals surface area contributed by atoms with Gasteiger partial charge in [0.1, 0.15) is 0 Å². The molecule has 0 aliphatic rings. The molecule has 6 N–H and O–H groups in total. The summed E-state index contributed by atoms with van der Waals surface area (Å²) in [6, 6.07) is 10.4. The molecule has 0 saturated heterocycles. The molecule has 0 spiro atoms. The van der Waals surface area contributed by atoms with E-state index < -0.39 is 11.9 Å². The number of aromatic carboxylic acids is 2. The SMILES string of the molecule is Nc1ccc(C(=O)O)cc1.Nc1ccc(Cl)cc1C(=O)O. The molecule has 0 unspecified atom stereocenters. The molecule has 2 aromatic carbocycles. The van der Waals surface area contributed by atoms with Gasteiger partial charge in [0.05, 0.1) is 11.1 Å². The Morgan fingerprint density at radius 3 is 1.90 bits per heavy atom. The third kappa shape index (κ3) is 5.04. The number of hydrogen-bond donors (Lipinski definition) is 4. The molecular weight excluding hydrogens is 296 g/mol. The molecule has 21 heavy (non-hydrogen) atoms. The second-order valence-corrected chi connectivity index (χ2v) is 4.40. The lowest BCUT2D eigenvalue weighted by Gasteiger charge is -1.99. The average molecular weight is 309 g/mol. The third-order valence-electron chi connectivity index (χ3n) is 2.40. The summed E-state index contributed by atoms with van der Waals surface area (Å²) in [7, 11) is 0. The van der Waals surface area contributed by atoms with Gasteiger partial charge in [-0.3, -0.25) is 0 Å². The Hall–Kier alpha value is -2.73. The largest absolute Gasteiger partial charge is 0.478 e. The van der Waals surface area contributed by atoms with Gasteiger partial charge in [-0.05, 0) is 42.5 Å².